The number of pyridine rings is 2. The summed E-state index contributed by atoms with van der Waals surface area (Å²) >= 11 is 0. The molecule has 1 N–H and O–H groups in total. The van der Waals surface area contributed by atoms with Crippen molar-refractivity contribution in [1.29, 1.82) is 0 Å². The summed E-state index contributed by atoms with van der Waals surface area (Å²) in [4.78, 5) is 21.1. The summed E-state index contributed by atoms with van der Waals surface area (Å²) in [5.74, 6) is 0.547. The van der Waals surface area contributed by atoms with Gasteiger partial charge in [-0.05, 0) is 54.8 Å². The van der Waals surface area contributed by atoms with Crippen LogP contribution in [-0.4, -0.2) is 20.9 Å². The fraction of sp³-hybridized carbons (Fsp3) is 0.400. The normalized spacial score (nSPS) is 13.6. The van der Waals surface area contributed by atoms with E-state index >= 15 is 0 Å². The third-order valence-corrected chi connectivity index (χ3v) is 8.49. The van der Waals surface area contributed by atoms with E-state index in [9.17, 15) is 9.90 Å². The number of aliphatic hydroxyl groups excluding tert-OH is 1. The van der Waals surface area contributed by atoms with Gasteiger partial charge in [0.05, 0.1) is 5.76 Å². The molecule has 2 heterocycles. The first-order chi connectivity index (χ1) is 18.7. The molecule has 0 amide bonds. The van der Waals surface area contributed by atoms with E-state index in [2.05, 4.69) is 56.1 Å². The molecule has 1 radical (unpaired) electrons. The number of allylic oxidation sites excluding steroid dienone is 2. The summed E-state index contributed by atoms with van der Waals surface area (Å²) in [6, 6.07) is 14.0. The predicted octanol–water partition coefficient (Wildman–Crippen LogP) is 9.07. The summed E-state index contributed by atoms with van der Waals surface area (Å²) < 4.78 is 0. The van der Waals surface area contributed by atoms with Gasteiger partial charge in [-0.1, -0.05) is 76.1 Å². The van der Waals surface area contributed by atoms with Crippen LogP contribution in [0, 0.1) is 24.8 Å². The topological polar surface area (TPSA) is 63.1 Å². The second kappa shape index (κ2) is 13.2. The van der Waals surface area contributed by atoms with E-state index in [1.54, 1.807) is 0 Å². The monoisotopic (exact) mass is 714 g/mol. The Bertz CT molecular complexity index is 1530. The standard InChI is InChI=1S/C22H17N2.C13H24O2.Ir/c1-13-6-4-8-15-17(13)11-24-21-16-9-5-7-14-10-23-12-18(19(14)16)22(2,3)20(15)21;1-5-10(6-2)12(14)9-13(15)11(7-3)8-4;/h4-8,10-12H,1-3H3;9-11,14H,5-8H2,1-4H3;/q-1;;/b;12-9-;. The summed E-state index contributed by atoms with van der Waals surface area (Å²) in [7, 11) is 0. The Morgan fingerprint density at radius 3 is 2.30 bits per heavy atom. The SMILES string of the molecule is CCC(CC)C(=O)/C=C(\O)C(CC)CC.Cc1cccc2c3c(ncc12)-c1[c-]ccc2cncc(c12)C3(C)C.[Ir]. The number of fused-ring (bicyclic) bond motifs is 4. The smallest absolute Gasteiger partial charge is 0.162 e. The van der Waals surface area contributed by atoms with Gasteiger partial charge in [0.2, 0.25) is 0 Å². The Morgan fingerprint density at radius 1 is 0.975 bits per heavy atom. The molecule has 1 aliphatic rings. The van der Waals surface area contributed by atoms with Crippen LogP contribution in [-0.2, 0) is 30.3 Å². The zero-order valence-corrected chi connectivity index (χ0v) is 27.2. The minimum absolute atomic E-state index is 0. The quantitative estimate of drug-likeness (QED) is 0.118. The van der Waals surface area contributed by atoms with E-state index in [-0.39, 0.29) is 48.9 Å². The van der Waals surface area contributed by atoms with E-state index in [0.29, 0.717) is 0 Å². The average molecular weight is 714 g/mol. The molecule has 0 fully saturated rings. The van der Waals surface area contributed by atoms with Gasteiger partial charge < -0.3 is 10.1 Å². The van der Waals surface area contributed by atoms with Crippen molar-refractivity contribution in [3.8, 4) is 11.3 Å². The van der Waals surface area contributed by atoms with E-state index in [1.165, 1.54) is 38.9 Å². The number of rotatable bonds is 7. The molecule has 0 saturated heterocycles. The number of ketones is 1. The Hall–Kier alpha value is -2.88. The van der Waals surface area contributed by atoms with Crippen molar-refractivity contribution in [2.24, 2.45) is 11.8 Å². The molecular formula is C35H41IrN2O2-. The molecule has 40 heavy (non-hydrogen) atoms. The minimum Gasteiger partial charge on any atom is -0.512 e. The van der Waals surface area contributed by atoms with Gasteiger partial charge in [0, 0.05) is 67.4 Å². The molecule has 5 rings (SSSR count). The van der Waals surface area contributed by atoms with Gasteiger partial charge in [-0.2, -0.15) is 0 Å². The van der Waals surface area contributed by atoms with Crippen molar-refractivity contribution in [2.75, 3.05) is 0 Å². The van der Waals surface area contributed by atoms with Crippen molar-refractivity contribution >= 4 is 27.3 Å². The first-order valence-electron chi connectivity index (χ1n) is 14.3. The van der Waals surface area contributed by atoms with Crippen LogP contribution in [0.15, 0.2) is 60.8 Å². The molecule has 4 nitrogen and oxygen atoms in total. The largest absolute Gasteiger partial charge is 0.512 e. The van der Waals surface area contributed by atoms with Crippen LogP contribution in [0.4, 0.5) is 0 Å². The Labute approximate surface area is 252 Å². The Kier molecular flexibility index (Phi) is 10.4. The number of hydrogen-bond acceptors (Lipinski definition) is 4. The van der Waals surface area contributed by atoms with Crippen molar-refractivity contribution in [1.82, 2.24) is 9.97 Å². The summed E-state index contributed by atoms with van der Waals surface area (Å²) in [5.41, 5.74) is 5.82. The second-order valence-electron chi connectivity index (χ2n) is 11.1. The third kappa shape index (κ3) is 5.78. The zero-order chi connectivity index (χ0) is 28.3. The van der Waals surface area contributed by atoms with Crippen LogP contribution in [0.2, 0.25) is 0 Å². The van der Waals surface area contributed by atoms with E-state index < -0.39 is 0 Å². The molecular weight excluding hydrogens is 673 g/mol. The van der Waals surface area contributed by atoms with Crippen molar-refractivity contribution in [3.05, 3.63) is 83.5 Å². The molecule has 4 aromatic rings. The molecule has 5 heteroatoms. The molecule has 0 spiro atoms. The van der Waals surface area contributed by atoms with Crippen LogP contribution in [0.5, 0.6) is 0 Å². The number of benzene rings is 2. The molecule has 2 aromatic carbocycles. The van der Waals surface area contributed by atoms with E-state index in [4.69, 9.17) is 4.98 Å². The summed E-state index contributed by atoms with van der Waals surface area (Å²) in [6.45, 7) is 14.8. The summed E-state index contributed by atoms with van der Waals surface area (Å²) in [6.07, 6.45) is 10.9. The van der Waals surface area contributed by atoms with Gasteiger partial charge in [0.15, 0.2) is 5.78 Å². The van der Waals surface area contributed by atoms with Crippen molar-refractivity contribution in [3.63, 3.8) is 0 Å². The van der Waals surface area contributed by atoms with Gasteiger partial charge in [0.1, 0.15) is 0 Å². The number of hydrogen-bond donors (Lipinski definition) is 1. The fourth-order valence-corrected chi connectivity index (χ4v) is 5.96. The predicted molar refractivity (Wildman–Crippen MR) is 162 cm³/mol. The maximum Gasteiger partial charge on any atom is 0.162 e. The van der Waals surface area contributed by atoms with Gasteiger partial charge in [-0.25, -0.2) is 0 Å². The number of aryl methyl sites for hydroxylation is 1. The number of aromatic nitrogens is 2. The molecule has 0 atom stereocenters. The van der Waals surface area contributed by atoms with Gasteiger partial charge in [-0.3, -0.25) is 9.78 Å². The molecule has 0 bridgehead atoms. The maximum atomic E-state index is 11.7. The Morgan fingerprint density at radius 2 is 1.65 bits per heavy atom. The Balaban J connectivity index is 0.000000243. The third-order valence-electron chi connectivity index (χ3n) is 8.49. The first kappa shape index (κ1) is 31.6. The van der Waals surface area contributed by atoms with Crippen LogP contribution in [0.1, 0.15) is 83.9 Å². The summed E-state index contributed by atoms with van der Waals surface area (Å²) in [5, 5.41) is 14.7. The number of carbonyl (C=O) groups excluding carboxylic acids is 1. The van der Waals surface area contributed by atoms with E-state index in [0.717, 1.165) is 42.3 Å². The molecule has 2 aromatic heterocycles. The second-order valence-corrected chi connectivity index (χ2v) is 11.1. The van der Waals surface area contributed by atoms with E-state index in [1.807, 2.05) is 52.4 Å². The van der Waals surface area contributed by atoms with Gasteiger partial charge in [0.25, 0.3) is 0 Å². The van der Waals surface area contributed by atoms with Gasteiger partial charge in [-0.15, -0.1) is 23.8 Å². The maximum absolute atomic E-state index is 11.7. The van der Waals surface area contributed by atoms with Crippen molar-refractivity contribution < 1.29 is 30.0 Å². The van der Waals surface area contributed by atoms with Crippen molar-refractivity contribution in [2.45, 2.75) is 79.6 Å². The van der Waals surface area contributed by atoms with Crippen LogP contribution >= 0.6 is 0 Å². The number of carbonyl (C=O) groups is 1. The van der Waals surface area contributed by atoms with Crippen LogP contribution < -0.4 is 0 Å². The number of nitrogens with zero attached hydrogens (tertiary/aromatic N) is 2. The zero-order valence-electron chi connectivity index (χ0n) is 24.8. The fourth-order valence-electron chi connectivity index (χ4n) is 5.96. The van der Waals surface area contributed by atoms with Crippen LogP contribution in [0.3, 0.4) is 0 Å². The van der Waals surface area contributed by atoms with Crippen LogP contribution in [0.25, 0.3) is 32.8 Å². The molecule has 0 saturated carbocycles. The number of aliphatic hydroxyl groups is 1. The first-order valence-corrected chi connectivity index (χ1v) is 14.3. The molecule has 1 aliphatic carbocycles. The average Bonchev–Trinajstić information content (AvgIpc) is 2.93. The molecule has 213 valence electrons. The molecule has 0 aliphatic heterocycles. The minimum atomic E-state index is -0.148. The molecule has 0 unspecified atom stereocenters. The van der Waals surface area contributed by atoms with Gasteiger partial charge >= 0.3 is 0 Å².